The summed E-state index contributed by atoms with van der Waals surface area (Å²) in [5.41, 5.74) is 10.8. The Morgan fingerprint density at radius 1 is 1.30 bits per heavy atom. The molecule has 2 aliphatic rings. The average molecular weight is 460 g/mol. The molecule has 1 saturated heterocycles. The molecule has 1 fully saturated rings. The number of hydrogen-bond acceptors (Lipinski definition) is 11. The predicted molar refractivity (Wildman–Crippen MR) is 116 cm³/mol. The van der Waals surface area contributed by atoms with E-state index in [1.165, 1.54) is 22.2 Å². The number of imidazole rings is 1. The number of hydrazine groups is 1. The van der Waals surface area contributed by atoms with Crippen molar-refractivity contribution in [2.75, 3.05) is 13.2 Å². The maximum Gasteiger partial charge on any atom is 0.325 e. The van der Waals surface area contributed by atoms with Crippen LogP contribution >= 0.6 is 0 Å². The van der Waals surface area contributed by atoms with Crippen molar-refractivity contribution in [3.8, 4) is 0 Å². The lowest BCUT2D eigenvalue weighted by molar-refractivity contribution is -0.147. The molecule has 2 aliphatic heterocycles. The second-order valence-electron chi connectivity index (χ2n) is 7.81. The number of rotatable bonds is 8. The molecular weight excluding hydrogens is 432 g/mol. The minimum atomic E-state index is -1.28. The summed E-state index contributed by atoms with van der Waals surface area (Å²) < 4.78 is 12.2. The zero-order valence-corrected chi connectivity index (χ0v) is 18.1. The van der Waals surface area contributed by atoms with E-state index >= 15 is 0 Å². The smallest absolute Gasteiger partial charge is 0.325 e. The molecule has 2 aromatic rings. The maximum atomic E-state index is 12.6. The number of aliphatic hydroxyl groups is 3. The summed E-state index contributed by atoms with van der Waals surface area (Å²) in [5, 5.41) is 31.2. The van der Waals surface area contributed by atoms with Crippen LogP contribution in [-0.2, 0) is 20.7 Å². The first-order chi connectivity index (χ1) is 15.9. The van der Waals surface area contributed by atoms with Crippen LogP contribution in [0.15, 0.2) is 41.7 Å². The van der Waals surface area contributed by atoms with Crippen LogP contribution < -0.4 is 11.2 Å². The summed E-state index contributed by atoms with van der Waals surface area (Å²) in [4.78, 5) is 21.3. The molecule has 0 spiro atoms. The Hall–Kier alpha value is -2.87. The monoisotopic (exact) mass is 460 g/mol. The van der Waals surface area contributed by atoms with Crippen molar-refractivity contribution in [1.82, 2.24) is 20.0 Å². The van der Waals surface area contributed by atoms with Gasteiger partial charge in [0, 0.05) is 6.42 Å². The molecule has 0 saturated carbocycles. The first kappa shape index (κ1) is 23.3. The molecule has 6 N–H and O–H groups in total. The van der Waals surface area contributed by atoms with Crippen LogP contribution in [0.4, 0.5) is 5.82 Å². The summed E-state index contributed by atoms with van der Waals surface area (Å²) in [5.74, 6) is -0.0871. The SMILES string of the molecule is CCOC(=O)[C@H](Cc1ccccc1)NN1C=Nc2c(ncn2[C@@H]2O[C@H](CO)C(O)C2O)C1N. The van der Waals surface area contributed by atoms with E-state index in [0.717, 1.165) is 5.56 Å². The molecule has 0 aliphatic carbocycles. The Kier molecular flexibility index (Phi) is 7.02. The van der Waals surface area contributed by atoms with Gasteiger partial charge in [0.2, 0.25) is 0 Å². The van der Waals surface area contributed by atoms with Gasteiger partial charge in [-0.15, -0.1) is 0 Å². The van der Waals surface area contributed by atoms with E-state index < -0.39 is 49.3 Å². The molecule has 3 heterocycles. The third-order valence-electron chi connectivity index (χ3n) is 5.63. The zero-order valence-electron chi connectivity index (χ0n) is 18.1. The molecule has 0 amide bonds. The van der Waals surface area contributed by atoms with Gasteiger partial charge < -0.3 is 30.5 Å². The number of aliphatic hydroxyl groups excluding tert-OH is 3. The number of benzene rings is 1. The fraction of sp³-hybridized carbons (Fsp3) is 0.476. The molecule has 6 atom stereocenters. The van der Waals surface area contributed by atoms with Gasteiger partial charge in [-0.05, 0) is 12.5 Å². The molecule has 12 nitrogen and oxygen atoms in total. The Morgan fingerprint density at radius 3 is 2.73 bits per heavy atom. The molecule has 178 valence electrons. The Bertz CT molecular complexity index is 985. The van der Waals surface area contributed by atoms with Gasteiger partial charge in [0.05, 0.1) is 19.5 Å². The number of nitrogens with zero attached hydrogens (tertiary/aromatic N) is 4. The molecule has 1 aromatic heterocycles. The van der Waals surface area contributed by atoms with E-state index in [1.54, 1.807) is 6.92 Å². The summed E-state index contributed by atoms with van der Waals surface area (Å²) >= 11 is 0. The fourth-order valence-electron chi connectivity index (χ4n) is 3.89. The molecule has 1 aromatic carbocycles. The molecule has 3 unspecified atom stereocenters. The number of nitrogens with two attached hydrogens (primary N) is 1. The van der Waals surface area contributed by atoms with Crippen molar-refractivity contribution in [3.63, 3.8) is 0 Å². The van der Waals surface area contributed by atoms with Gasteiger partial charge in [0.15, 0.2) is 12.0 Å². The van der Waals surface area contributed by atoms with E-state index in [0.29, 0.717) is 17.9 Å². The van der Waals surface area contributed by atoms with Crippen molar-refractivity contribution in [2.45, 2.75) is 50.1 Å². The Morgan fingerprint density at radius 2 is 2.06 bits per heavy atom. The van der Waals surface area contributed by atoms with Crippen LogP contribution in [0, 0.1) is 0 Å². The summed E-state index contributed by atoms with van der Waals surface area (Å²) in [6.07, 6.45) is -2.04. The van der Waals surface area contributed by atoms with Gasteiger partial charge >= 0.3 is 5.97 Å². The topological polar surface area (TPSA) is 168 Å². The third-order valence-corrected chi connectivity index (χ3v) is 5.63. The van der Waals surface area contributed by atoms with Crippen LogP contribution in [0.5, 0.6) is 0 Å². The third kappa shape index (κ3) is 4.62. The van der Waals surface area contributed by atoms with Gasteiger partial charge in [-0.2, -0.15) is 0 Å². The second kappa shape index (κ2) is 9.95. The van der Waals surface area contributed by atoms with Crippen molar-refractivity contribution >= 4 is 18.1 Å². The standard InChI is InChI=1S/C21H28N6O6/c1-2-32-21(31)13(8-12-6-4-3-5-7-12)25-27-11-24-19-15(18(27)22)23-10-26(19)20-17(30)16(29)14(9-28)33-20/h3-7,10-11,13-14,16-18,20,25,28-30H,2,8-9,22H2,1H3/t13-,14+,16?,17?,18?,20+/m0/s1. The van der Waals surface area contributed by atoms with Crippen LogP contribution in [0.3, 0.4) is 0 Å². The van der Waals surface area contributed by atoms with Crippen LogP contribution in [-0.4, -0.2) is 79.8 Å². The number of carbonyl (C=O) groups excluding carboxylic acids is 1. The number of fused-ring (bicyclic) bond motifs is 1. The Labute approximate surface area is 190 Å². The van der Waals surface area contributed by atoms with Gasteiger partial charge in [-0.25, -0.2) is 15.4 Å². The molecule has 12 heteroatoms. The molecular formula is C21H28N6O6. The highest BCUT2D eigenvalue weighted by molar-refractivity contribution is 5.76. The summed E-state index contributed by atoms with van der Waals surface area (Å²) in [7, 11) is 0. The number of esters is 1. The lowest BCUT2D eigenvalue weighted by atomic mass is 10.1. The number of aromatic nitrogens is 2. The fourth-order valence-corrected chi connectivity index (χ4v) is 3.89. The largest absolute Gasteiger partial charge is 0.465 e. The Balaban J connectivity index is 1.52. The molecule has 0 bridgehead atoms. The lowest BCUT2D eigenvalue weighted by Crippen LogP contribution is -2.53. The highest BCUT2D eigenvalue weighted by atomic mass is 16.6. The first-order valence-electron chi connectivity index (χ1n) is 10.7. The molecule has 33 heavy (non-hydrogen) atoms. The van der Waals surface area contributed by atoms with E-state index in [1.807, 2.05) is 30.3 Å². The van der Waals surface area contributed by atoms with E-state index in [4.69, 9.17) is 15.2 Å². The molecule has 4 rings (SSSR count). The highest BCUT2D eigenvalue weighted by Crippen LogP contribution is 2.36. The van der Waals surface area contributed by atoms with Crippen molar-refractivity contribution in [3.05, 3.63) is 47.9 Å². The van der Waals surface area contributed by atoms with E-state index in [-0.39, 0.29) is 6.61 Å². The van der Waals surface area contributed by atoms with E-state index in [2.05, 4.69) is 15.4 Å². The predicted octanol–water partition coefficient (Wildman–Crippen LogP) is -0.894. The quantitative estimate of drug-likeness (QED) is 0.312. The number of aliphatic imine (C=N–C) groups is 1. The van der Waals surface area contributed by atoms with Gasteiger partial charge in [0.25, 0.3) is 0 Å². The summed E-state index contributed by atoms with van der Waals surface area (Å²) in [6, 6.07) is 8.80. The van der Waals surface area contributed by atoms with Crippen LogP contribution in [0.25, 0.3) is 0 Å². The minimum absolute atomic E-state index is 0.241. The van der Waals surface area contributed by atoms with Crippen molar-refractivity contribution < 1.29 is 29.6 Å². The van der Waals surface area contributed by atoms with Crippen LogP contribution in [0.1, 0.15) is 30.6 Å². The average Bonchev–Trinajstić information content (AvgIpc) is 3.37. The number of carbonyl (C=O) groups is 1. The van der Waals surface area contributed by atoms with Gasteiger partial charge in [-0.1, -0.05) is 30.3 Å². The second-order valence-corrected chi connectivity index (χ2v) is 7.81. The highest BCUT2D eigenvalue weighted by Gasteiger charge is 2.45. The maximum absolute atomic E-state index is 12.6. The lowest BCUT2D eigenvalue weighted by Gasteiger charge is -2.32. The van der Waals surface area contributed by atoms with Crippen molar-refractivity contribution in [2.24, 2.45) is 10.7 Å². The number of hydrogen-bond donors (Lipinski definition) is 5. The zero-order chi connectivity index (χ0) is 23.5. The van der Waals surface area contributed by atoms with Gasteiger partial charge in [0.1, 0.15) is 42.6 Å². The molecule has 0 radical (unpaired) electrons. The van der Waals surface area contributed by atoms with E-state index in [9.17, 15) is 20.1 Å². The first-order valence-corrected chi connectivity index (χ1v) is 10.7. The number of nitrogens with one attached hydrogen (secondary N) is 1. The van der Waals surface area contributed by atoms with Crippen LogP contribution in [0.2, 0.25) is 0 Å². The van der Waals surface area contributed by atoms with Crippen molar-refractivity contribution in [1.29, 1.82) is 0 Å². The normalized spacial score (nSPS) is 27.4. The van der Waals surface area contributed by atoms with Gasteiger partial charge in [-0.3, -0.25) is 14.4 Å². The minimum Gasteiger partial charge on any atom is -0.465 e. The number of ether oxygens (including phenoxy) is 2. The summed E-state index contributed by atoms with van der Waals surface area (Å²) in [6.45, 7) is 1.54.